The van der Waals surface area contributed by atoms with E-state index in [1.165, 1.54) is 55.1 Å². The second-order valence-corrected chi connectivity index (χ2v) is 13.5. The number of ether oxygens (including phenoxy) is 2. The monoisotopic (exact) mass is 436 g/mol. The van der Waals surface area contributed by atoms with Gasteiger partial charge in [0.05, 0.1) is 13.6 Å². The van der Waals surface area contributed by atoms with Crippen LogP contribution < -0.4 is 9.47 Å². The zero-order valence-electron chi connectivity index (χ0n) is 17.3. The SMILES string of the molecule is CCC[Si@]1(C)CC[C@@H](c2ccc(OC(=O)c3ccc(OC(F)(F)F)cc3)cc2)CC1. The van der Waals surface area contributed by atoms with Crippen molar-refractivity contribution in [3.05, 3.63) is 59.7 Å². The summed E-state index contributed by atoms with van der Waals surface area (Å²) in [4.78, 5) is 12.2. The van der Waals surface area contributed by atoms with Crippen LogP contribution in [0.1, 0.15) is 48.0 Å². The van der Waals surface area contributed by atoms with Gasteiger partial charge in [-0.25, -0.2) is 4.79 Å². The maximum atomic E-state index is 12.2. The van der Waals surface area contributed by atoms with E-state index < -0.39 is 20.4 Å². The first-order valence-electron chi connectivity index (χ1n) is 10.4. The van der Waals surface area contributed by atoms with Gasteiger partial charge in [-0.2, -0.15) is 0 Å². The molecule has 0 aliphatic carbocycles. The van der Waals surface area contributed by atoms with E-state index in [-0.39, 0.29) is 11.3 Å². The molecule has 2 aromatic carbocycles. The van der Waals surface area contributed by atoms with Crippen LogP contribution in [-0.4, -0.2) is 20.4 Å². The minimum atomic E-state index is -4.76. The van der Waals surface area contributed by atoms with E-state index in [4.69, 9.17) is 4.74 Å². The Morgan fingerprint density at radius 1 is 1.00 bits per heavy atom. The van der Waals surface area contributed by atoms with Gasteiger partial charge in [0.25, 0.3) is 0 Å². The summed E-state index contributed by atoms with van der Waals surface area (Å²) in [5.74, 6) is -0.0250. The van der Waals surface area contributed by atoms with E-state index in [0.29, 0.717) is 11.7 Å². The van der Waals surface area contributed by atoms with Gasteiger partial charge in [0.2, 0.25) is 0 Å². The number of rotatable bonds is 6. The maximum Gasteiger partial charge on any atom is 0.573 e. The highest BCUT2D eigenvalue weighted by molar-refractivity contribution is 6.78. The Hall–Kier alpha value is -2.28. The molecule has 1 saturated heterocycles. The molecule has 0 radical (unpaired) electrons. The van der Waals surface area contributed by atoms with Gasteiger partial charge in [-0.15, -0.1) is 13.2 Å². The summed E-state index contributed by atoms with van der Waals surface area (Å²) in [7, 11) is -1.04. The zero-order chi connectivity index (χ0) is 21.8. The lowest BCUT2D eigenvalue weighted by Gasteiger charge is -2.36. The Morgan fingerprint density at radius 3 is 2.10 bits per heavy atom. The van der Waals surface area contributed by atoms with Gasteiger partial charge in [-0.3, -0.25) is 0 Å². The zero-order valence-corrected chi connectivity index (χ0v) is 18.3. The lowest BCUT2D eigenvalue weighted by atomic mass is 9.93. The lowest BCUT2D eigenvalue weighted by molar-refractivity contribution is -0.274. The summed E-state index contributed by atoms with van der Waals surface area (Å²) in [5, 5.41) is 0. The van der Waals surface area contributed by atoms with E-state index in [2.05, 4.69) is 18.2 Å². The number of carbonyl (C=O) groups is 1. The predicted molar refractivity (Wildman–Crippen MR) is 113 cm³/mol. The number of esters is 1. The van der Waals surface area contributed by atoms with Gasteiger partial charge in [0, 0.05) is 0 Å². The second kappa shape index (κ2) is 9.25. The van der Waals surface area contributed by atoms with Crippen LogP contribution in [-0.2, 0) is 0 Å². The van der Waals surface area contributed by atoms with Crippen molar-refractivity contribution in [2.75, 3.05) is 0 Å². The number of hydrogen-bond acceptors (Lipinski definition) is 3. The molecule has 1 fully saturated rings. The normalized spacial score (nSPS) is 21.8. The van der Waals surface area contributed by atoms with Crippen molar-refractivity contribution in [2.45, 2.75) is 63.1 Å². The Balaban J connectivity index is 1.56. The van der Waals surface area contributed by atoms with Crippen LogP contribution in [0, 0.1) is 0 Å². The molecule has 1 aliphatic rings. The highest BCUT2D eigenvalue weighted by Crippen LogP contribution is 2.40. The number of benzene rings is 2. The number of halogens is 3. The number of hydrogen-bond donors (Lipinski definition) is 0. The van der Waals surface area contributed by atoms with Crippen molar-refractivity contribution >= 4 is 14.0 Å². The van der Waals surface area contributed by atoms with Gasteiger partial charge in [-0.05, 0) is 60.7 Å². The van der Waals surface area contributed by atoms with Crippen LogP contribution >= 0.6 is 0 Å². The van der Waals surface area contributed by atoms with Crippen LogP contribution in [0.3, 0.4) is 0 Å². The van der Waals surface area contributed by atoms with Gasteiger partial charge < -0.3 is 9.47 Å². The maximum absolute atomic E-state index is 12.2. The molecular formula is C23H27F3O3Si. The van der Waals surface area contributed by atoms with Crippen molar-refractivity contribution in [3.63, 3.8) is 0 Å². The third-order valence-corrected chi connectivity index (χ3v) is 10.6. The number of alkyl halides is 3. The van der Waals surface area contributed by atoms with Gasteiger partial charge >= 0.3 is 12.3 Å². The third kappa shape index (κ3) is 6.11. The first-order valence-corrected chi connectivity index (χ1v) is 13.5. The Morgan fingerprint density at radius 2 is 1.57 bits per heavy atom. The van der Waals surface area contributed by atoms with Crippen LogP contribution in [0.2, 0.25) is 24.7 Å². The molecule has 0 N–H and O–H groups in total. The quantitative estimate of drug-likeness (QED) is 0.273. The van der Waals surface area contributed by atoms with E-state index in [0.717, 1.165) is 12.1 Å². The molecule has 0 saturated carbocycles. The van der Waals surface area contributed by atoms with Gasteiger partial charge in [0.15, 0.2) is 0 Å². The summed E-state index contributed by atoms with van der Waals surface area (Å²) in [6.45, 7) is 4.80. The summed E-state index contributed by atoms with van der Waals surface area (Å²) in [6.07, 6.45) is -1.02. The summed E-state index contributed by atoms with van der Waals surface area (Å²) in [6, 6.07) is 16.4. The van der Waals surface area contributed by atoms with Gasteiger partial charge in [-0.1, -0.05) is 50.2 Å². The molecule has 0 aromatic heterocycles. The molecule has 1 heterocycles. The molecule has 0 bridgehead atoms. The highest BCUT2D eigenvalue weighted by Gasteiger charge is 2.33. The molecule has 3 nitrogen and oxygen atoms in total. The first kappa shape index (κ1) is 22.4. The summed E-state index contributed by atoms with van der Waals surface area (Å²) >= 11 is 0. The van der Waals surface area contributed by atoms with Crippen LogP contribution in [0.5, 0.6) is 11.5 Å². The molecule has 1 aliphatic heterocycles. The summed E-state index contributed by atoms with van der Waals surface area (Å²) in [5.41, 5.74) is 1.43. The molecular weight excluding hydrogens is 409 g/mol. The Labute approximate surface area is 176 Å². The minimum Gasteiger partial charge on any atom is -0.423 e. The molecule has 7 heteroatoms. The predicted octanol–water partition coefficient (Wildman–Crippen LogP) is 7.17. The fraction of sp³-hybridized carbons (Fsp3) is 0.435. The fourth-order valence-corrected chi connectivity index (χ4v) is 8.32. The largest absolute Gasteiger partial charge is 0.573 e. The Kier molecular flexibility index (Phi) is 6.90. The van der Waals surface area contributed by atoms with Gasteiger partial charge in [0.1, 0.15) is 11.5 Å². The summed E-state index contributed by atoms with van der Waals surface area (Å²) < 4.78 is 45.8. The van der Waals surface area contributed by atoms with E-state index >= 15 is 0 Å². The standard InChI is InChI=1S/C23H27F3O3Si/c1-3-14-30(2)15-12-18(13-16-30)17-4-8-20(9-5-17)28-22(27)19-6-10-21(11-7-19)29-23(24,25)26/h4-11,18H,3,12-16H2,1-2H3/t18-,30-. The molecule has 0 atom stereocenters. The number of carbonyl (C=O) groups excluding carboxylic acids is 1. The molecule has 0 unspecified atom stereocenters. The second-order valence-electron chi connectivity index (χ2n) is 8.37. The van der Waals surface area contributed by atoms with Crippen molar-refractivity contribution in [1.82, 2.24) is 0 Å². The van der Waals surface area contributed by atoms with Crippen LogP contribution in [0.4, 0.5) is 13.2 Å². The molecule has 0 amide bonds. The average Bonchev–Trinajstić information content (AvgIpc) is 2.69. The minimum absolute atomic E-state index is 0.154. The van der Waals surface area contributed by atoms with Crippen molar-refractivity contribution in [1.29, 1.82) is 0 Å². The lowest BCUT2D eigenvalue weighted by Crippen LogP contribution is -2.33. The third-order valence-electron chi connectivity index (χ3n) is 5.93. The average molecular weight is 437 g/mol. The topological polar surface area (TPSA) is 35.5 Å². The van der Waals surface area contributed by atoms with Crippen LogP contribution in [0.15, 0.2) is 48.5 Å². The molecule has 3 rings (SSSR count). The van der Waals surface area contributed by atoms with E-state index in [9.17, 15) is 18.0 Å². The molecule has 162 valence electrons. The van der Waals surface area contributed by atoms with Crippen molar-refractivity contribution < 1.29 is 27.4 Å². The molecule has 30 heavy (non-hydrogen) atoms. The molecule has 0 spiro atoms. The van der Waals surface area contributed by atoms with E-state index in [1.807, 2.05) is 12.1 Å². The smallest absolute Gasteiger partial charge is 0.423 e. The van der Waals surface area contributed by atoms with Crippen molar-refractivity contribution in [3.8, 4) is 11.5 Å². The fourth-order valence-electron chi connectivity index (χ4n) is 4.27. The van der Waals surface area contributed by atoms with Crippen LogP contribution in [0.25, 0.3) is 0 Å². The van der Waals surface area contributed by atoms with E-state index in [1.54, 1.807) is 12.1 Å². The van der Waals surface area contributed by atoms with Crippen molar-refractivity contribution in [2.24, 2.45) is 0 Å². The Bertz CT molecular complexity index is 839. The first-order chi connectivity index (χ1) is 14.2. The molecule has 2 aromatic rings. The highest BCUT2D eigenvalue weighted by atomic mass is 28.3.